The maximum absolute atomic E-state index is 13.1. The van der Waals surface area contributed by atoms with E-state index in [0.717, 1.165) is 37.0 Å². The van der Waals surface area contributed by atoms with Crippen LogP contribution in [-0.4, -0.2) is 69.9 Å². The molecule has 4 unspecified atom stereocenters. The van der Waals surface area contributed by atoms with Crippen LogP contribution in [0.3, 0.4) is 0 Å². The Morgan fingerprint density at radius 3 is 2.88 bits per heavy atom. The molecule has 1 aromatic rings. The van der Waals surface area contributed by atoms with Gasteiger partial charge in [-0.3, -0.25) is 8.86 Å². The van der Waals surface area contributed by atoms with Crippen molar-refractivity contribution in [3.8, 4) is 0 Å². The van der Waals surface area contributed by atoms with E-state index in [9.17, 15) is 14.5 Å². The third-order valence-corrected chi connectivity index (χ3v) is 6.97. The summed E-state index contributed by atoms with van der Waals surface area (Å²) in [4.78, 5) is 1.75. The molecule has 1 aliphatic heterocycles. The first-order valence-corrected chi connectivity index (χ1v) is 10.3. The van der Waals surface area contributed by atoms with E-state index in [1.54, 1.807) is 11.9 Å². The van der Waals surface area contributed by atoms with Crippen molar-refractivity contribution >= 4 is 27.3 Å². The smallest absolute Gasteiger partial charge is 0.310 e. The van der Waals surface area contributed by atoms with E-state index in [4.69, 9.17) is 4.74 Å². The first-order valence-electron chi connectivity index (χ1n) is 8.12. The zero-order chi connectivity index (χ0) is 17.7. The molecular weight excluding hydrogens is 352 g/mol. The van der Waals surface area contributed by atoms with Crippen LogP contribution in [0.15, 0.2) is 4.34 Å². The molecule has 0 saturated carbocycles. The van der Waals surface area contributed by atoms with Crippen LogP contribution >= 0.6 is 11.3 Å². The summed E-state index contributed by atoms with van der Waals surface area (Å²) in [6.45, 7) is 2.45. The molecule has 0 spiro atoms. The number of hydrogen-bond donors (Lipinski definition) is 1. The SMILES string of the molecule is CCCCCCS(=O)c1nnc([N+]2([O-])CN(C)C(COC)C2O)s1. The number of unbranched alkanes of at least 4 members (excludes halogenated alkanes) is 3. The Kier molecular flexibility index (Phi) is 7.23. The summed E-state index contributed by atoms with van der Waals surface area (Å²) in [6.07, 6.45) is 2.96. The van der Waals surface area contributed by atoms with Gasteiger partial charge in [-0.15, -0.1) is 5.10 Å². The second-order valence-corrected chi connectivity index (χ2v) is 8.79. The van der Waals surface area contributed by atoms with Crippen molar-refractivity contribution < 1.29 is 14.1 Å². The molecule has 1 aromatic heterocycles. The van der Waals surface area contributed by atoms with Crippen molar-refractivity contribution in [2.45, 2.75) is 49.2 Å². The monoisotopic (exact) mass is 378 g/mol. The van der Waals surface area contributed by atoms with Gasteiger partial charge in [0.15, 0.2) is 0 Å². The van der Waals surface area contributed by atoms with Crippen LogP contribution < -0.4 is 4.65 Å². The zero-order valence-corrected chi connectivity index (χ0v) is 16.0. The second kappa shape index (κ2) is 8.75. The Labute approximate surface area is 149 Å². The lowest BCUT2D eigenvalue weighted by atomic mass is 10.2. The number of aliphatic hydroxyl groups excluding tert-OH is 1. The van der Waals surface area contributed by atoms with Gasteiger partial charge in [0.05, 0.1) is 17.4 Å². The molecular formula is C14H26N4O4S2. The van der Waals surface area contributed by atoms with Crippen molar-refractivity contribution in [2.24, 2.45) is 0 Å². The fourth-order valence-corrected chi connectivity index (χ4v) is 5.04. The van der Waals surface area contributed by atoms with E-state index < -0.39 is 27.7 Å². The molecule has 2 heterocycles. The molecule has 1 aliphatic rings. The number of methoxy groups -OCH3 is 1. The lowest BCUT2D eigenvalue weighted by Gasteiger charge is -2.37. The largest absolute Gasteiger partial charge is 0.623 e. The first kappa shape index (κ1) is 19.8. The Hall–Kier alpha value is -0.490. The van der Waals surface area contributed by atoms with Gasteiger partial charge < -0.3 is 15.1 Å². The Bertz CT molecular complexity index is 559. The fraction of sp³-hybridized carbons (Fsp3) is 0.857. The van der Waals surface area contributed by atoms with E-state index in [1.165, 1.54) is 7.11 Å². The number of nitrogens with zero attached hydrogens (tertiary/aromatic N) is 4. The number of hydroxylamine groups is 2. The third kappa shape index (κ3) is 4.18. The van der Waals surface area contributed by atoms with Gasteiger partial charge in [0.25, 0.3) is 0 Å². The van der Waals surface area contributed by atoms with E-state index in [2.05, 4.69) is 17.1 Å². The summed E-state index contributed by atoms with van der Waals surface area (Å²) < 4.78 is 16.7. The average molecular weight is 379 g/mol. The van der Waals surface area contributed by atoms with Gasteiger partial charge in [0.1, 0.15) is 12.7 Å². The summed E-state index contributed by atoms with van der Waals surface area (Å²) in [6, 6.07) is -0.403. The number of aliphatic hydroxyl groups is 1. The molecule has 10 heteroatoms. The predicted octanol–water partition coefficient (Wildman–Crippen LogP) is 1.27. The van der Waals surface area contributed by atoms with E-state index in [1.807, 2.05) is 0 Å². The number of quaternary nitrogens is 1. The van der Waals surface area contributed by atoms with Crippen molar-refractivity contribution in [1.82, 2.24) is 19.7 Å². The molecule has 24 heavy (non-hydrogen) atoms. The van der Waals surface area contributed by atoms with Gasteiger partial charge in [0, 0.05) is 12.9 Å². The molecule has 0 amide bonds. The van der Waals surface area contributed by atoms with Crippen molar-refractivity contribution in [1.29, 1.82) is 0 Å². The molecule has 8 nitrogen and oxygen atoms in total. The summed E-state index contributed by atoms with van der Waals surface area (Å²) in [7, 11) is 2.05. The fourth-order valence-electron chi connectivity index (χ4n) is 2.78. The highest BCUT2D eigenvalue weighted by Crippen LogP contribution is 2.36. The summed E-state index contributed by atoms with van der Waals surface area (Å²) in [5.74, 6) is 0.530. The summed E-state index contributed by atoms with van der Waals surface area (Å²) in [5.41, 5.74) is 0. The maximum atomic E-state index is 13.1. The Morgan fingerprint density at radius 2 is 2.21 bits per heavy atom. The number of rotatable bonds is 9. The lowest BCUT2D eigenvalue weighted by Crippen LogP contribution is -2.51. The van der Waals surface area contributed by atoms with Crippen LogP contribution in [0, 0.1) is 5.21 Å². The van der Waals surface area contributed by atoms with E-state index in [-0.39, 0.29) is 18.4 Å². The first-order chi connectivity index (χ1) is 11.4. The van der Waals surface area contributed by atoms with Crippen LogP contribution in [0.1, 0.15) is 32.6 Å². The molecule has 138 valence electrons. The third-order valence-electron chi connectivity index (χ3n) is 4.21. The lowest BCUT2D eigenvalue weighted by molar-refractivity contribution is 0.0228. The van der Waals surface area contributed by atoms with Crippen LogP contribution in [0.2, 0.25) is 0 Å². The minimum absolute atomic E-state index is 0.0625. The molecule has 4 atom stereocenters. The van der Waals surface area contributed by atoms with Gasteiger partial charge in [-0.05, 0) is 24.8 Å². The van der Waals surface area contributed by atoms with Crippen molar-refractivity contribution in [3.63, 3.8) is 0 Å². The Morgan fingerprint density at radius 1 is 1.46 bits per heavy atom. The van der Waals surface area contributed by atoms with Gasteiger partial charge in [-0.25, -0.2) is 4.90 Å². The molecule has 0 aliphatic carbocycles. The summed E-state index contributed by atoms with van der Waals surface area (Å²) in [5, 5.41) is 31.5. The average Bonchev–Trinajstić information content (AvgIpc) is 3.13. The van der Waals surface area contributed by atoms with Crippen molar-refractivity contribution in [3.05, 3.63) is 5.21 Å². The quantitative estimate of drug-likeness (QED) is 0.392. The zero-order valence-electron chi connectivity index (χ0n) is 14.4. The van der Waals surface area contributed by atoms with Crippen molar-refractivity contribution in [2.75, 3.05) is 33.2 Å². The van der Waals surface area contributed by atoms with Crippen LogP contribution in [0.5, 0.6) is 0 Å². The number of hydrogen-bond acceptors (Lipinski definition) is 8. The topological polar surface area (TPSA) is 98.6 Å². The minimum atomic E-state index is -1.24. The molecule has 2 rings (SSSR count). The molecule has 0 aromatic carbocycles. The van der Waals surface area contributed by atoms with E-state index in [0.29, 0.717) is 10.1 Å². The van der Waals surface area contributed by atoms with Gasteiger partial charge in [-0.1, -0.05) is 31.3 Å². The molecule has 1 fully saturated rings. The molecule has 1 saturated heterocycles. The van der Waals surface area contributed by atoms with Crippen LogP contribution in [0.25, 0.3) is 0 Å². The van der Waals surface area contributed by atoms with Gasteiger partial charge >= 0.3 is 5.13 Å². The predicted molar refractivity (Wildman–Crippen MR) is 94.8 cm³/mol. The summed E-state index contributed by atoms with van der Waals surface area (Å²) >= 11 is 1.04. The molecule has 0 bridgehead atoms. The number of aromatic nitrogens is 2. The van der Waals surface area contributed by atoms with Gasteiger partial charge in [-0.2, -0.15) is 0 Å². The normalized spacial score (nSPS) is 29.2. The highest BCUT2D eigenvalue weighted by Gasteiger charge is 2.49. The van der Waals surface area contributed by atoms with Gasteiger partial charge in [0.2, 0.25) is 10.6 Å². The molecule has 1 N–H and O–H groups in total. The highest BCUT2D eigenvalue weighted by molar-refractivity contribution is 7.87. The minimum Gasteiger partial charge on any atom is -0.623 e. The Balaban J connectivity index is 2.05. The number of ether oxygens (including phenoxy) is 1. The standard InChI is InChI=1S/C14H26N4O4S2/c1-4-5-6-7-8-24(21)14-16-15-13(23-14)18(20)10-17(2)11(9-22-3)12(18)19/h11-12,19H,4-10H2,1-3H3. The highest BCUT2D eigenvalue weighted by atomic mass is 32.2. The van der Waals surface area contributed by atoms with Crippen LogP contribution in [0.4, 0.5) is 5.13 Å². The van der Waals surface area contributed by atoms with Crippen LogP contribution in [-0.2, 0) is 15.5 Å². The molecule has 0 radical (unpaired) electrons. The number of likely N-dealkylation sites (N-methyl/N-ethyl adjacent to an activating group) is 1. The second-order valence-electron chi connectivity index (χ2n) is 6.09. The van der Waals surface area contributed by atoms with E-state index >= 15 is 0 Å². The maximum Gasteiger partial charge on any atom is 0.310 e.